The molecular formula is C11H16ClIO. The van der Waals surface area contributed by atoms with Crippen LogP contribution in [0.5, 0.6) is 0 Å². The lowest BCUT2D eigenvalue weighted by atomic mass is 10.1. The van der Waals surface area contributed by atoms with E-state index in [1.165, 1.54) is 0 Å². The van der Waals surface area contributed by atoms with Gasteiger partial charge in [-0.05, 0) is 58.9 Å². The van der Waals surface area contributed by atoms with E-state index >= 15 is 0 Å². The van der Waals surface area contributed by atoms with Gasteiger partial charge >= 0.3 is 0 Å². The Balaban J connectivity index is 3.77. The van der Waals surface area contributed by atoms with Crippen molar-refractivity contribution in [3.05, 3.63) is 21.8 Å². The summed E-state index contributed by atoms with van der Waals surface area (Å²) in [5, 5.41) is 0.0360. The molecule has 0 N–H and O–H groups in total. The predicted molar refractivity (Wildman–Crippen MR) is 71.1 cm³/mol. The highest BCUT2D eigenvalue weighted by molar-refractivity contribution is 14.1. The molecule has 0 aromatic carbocycles. The zero-order chi connectivity index (χ0) is 11.1. The molecule has 0 saturated heterocycles. The molecular weight excluding hydrogens is 310 g/mol. The van der Waals surface area contributed by atoms with Gasteiger partial charge in [0.25, 0.3) is 0 Å². The lowest BCUT2D eigenvalue weighted by molar-refractivity contribution is -0.114. The van der Waals surface area contributed by atoms with Crippen molar-refractivity contribution in [2.24, 2.45) is 0 Å². The third-order valence-corrected chi connectivity index (χ3v) is 2.41. The fourth-order valence-electron chi connectivity index (χ4n) is 1.04. The highest BCUT2D eigenvalue weighted by Gasteiger charge is 2.07. The van der Waals surface area contributed by atoms with Gasteiger partial charge in [-0.15, -0.1) is 11.6 Å². The minimum absolute atomic E-state index is 0.0360. The van der Waals surface area contributed by atoms with Gasteiger partial charge in [0.2, 0.25) is 0 Å². The molecule has 0 bridgehead atoms. The van der Waals surface area contributed by atoms with Crippen LogP contribution in [0.15, 0.2) is 21.8 Å². The van der Waals surface area contributed by atoms with Crippen LogP contribution in [0.3, 0.4) is 0 Å². The van der Waals surface area contributed by atoms with Crippen molar-refractivity contribution in [1.29, 1.82) is 0 Å². The number of rotatable bonds is 6. The van der Waals surface area contributed by atoms with Crippen LogP contribution in [0.25, 0.3) is 0 Å². The molecule has 1 nitrogen and oxygen atoms in total. The maximum absolute atomic E-state index is 11.3. The number of allylic oxidation sites excluding steroid dienone is 3. The molecule has 80 valence electrons. The topological polar surface area (TPSA) is 17.1 Å². The van der Waals surface area contributed by atoms with Crippen LogP contribution in [0.2, 0.25) is 0 Å². The molecule has 0 radical (unpaired) electrons. The summed E-state index contributed by atoms with van der Waals surface area (Å²) in [5.74, 6) is 0.162. The Morgan fingerprint density at radius 1 is 1.57 bits per heavy atom. The van der Waals surface area contributed by atoms with E-state index < -0.39 is 0 Å². The van der Waals surface area contributed by atoms with Crippen LogP contribution in [0.4, 0.5) is 0 Å². The summed E-state index contributed by atoms with van der Waals surface area (Å²) in [7, 11) is 0. The minimum Gasteiger partial charge on any atom is -0.295 e. The van der Waals surface area contributed by atoms with Crippen molar-refractivity contribution in [3.8, 4) is 0 Å². The first-order chi connectivity index (χ1) is 6.41. The fourth-order valence-corrected chi connectivity index (χ4v) is 2.12. The Morgan fingerprint density at radius 3 is 2.57 bits per heavy atom. The molecule has 0 amide bonds. The van der Waals surface area contributed by atoms with Crippen LogP contribution >= 0.6 is 34.2 Å². The number of ketones is 1. The Bertz CT molecular complexity index is 242. The number of carbonyl (C=O) groups excluding carboxylic acids is 1. The first kappa shape index (κ1) is 14.2. The van der Waals surface area contributed by atoms with Crippen molar-refractivity contribution in [3.63, 3.8) is 0 Å². The quantitative estimate of drug-likeness (QED) is 0.405. The smallest absolute Gasteiger partial charge is 0.155 e. The summed E-state index contributed by atoms with van der Waals surface area (Å²) in [6.07, 6.45) is 3.71. The molecule has 3 heteroatoms. The molecule has 0 heterocycles. The normalized spacial score (nSPS) is 12.0. The van der Waals surface area contributed by atoms with Gasteiger partial charge in [0, 0.05) is 11.8 Å². The van der Waals surface area contributed by atoms with Gasteiger partial charge in [-0.1, -0.05) is 12.2 Å². The highest BCUT2D eigenvalue weighted by Crippen LogP contribution is 2.19. The van der Waals surface area contributed by atoms with Gasteiger partial charge in [-0.25, -0.2) is 0 Å². The SMILES string of the molecule is C=C(I)CC(Cl)CCC(=O)C=C(C)C. The summed E-state index contributed by atoms with van der Waals surface area (Å²) in [5.41, 5.74) is 1.04. The van der Waals surface area contributed by atoms with Gasteiger partial charge in [0.1, 0.15) is 0 Å². The van der Waals surface area contributed by atoms with E-state index in [1.54, 1.807) is 6.08 Å². The lowest BCUT2D eigenvalue weighted by Gasteiger charge is -2.06. The largest absolute Gasteiger partial charge is 0.295 e. The van der Waals surface area contributed by atoms with Crippen LogP contribution < -0.4 is 0 Å². The number of halogens is 2. The third kappa shape index (κ3) is 8.75. The Morgan fingerprint density at radius 2 is 2.14 bits per heavy atom. The second-order valence-electron chi connectivity index (χ2n) is 3.55. The Hall–Kier alpha value is 0.170. The van der Waals surface area contributed by atoms with Gasteiger partial charge in [0.15, 0.2) is 5.78 Å². The summed E-state index contributed by atoms with van der Waals surface area (Å²) in [6, 6.07) is 0. The van der Waals surface area contributed by atoms with Crippen molar-refractivity contribution in [2.45, 2.75) is 38.5 Å². The van der Waals surface area contributed by atoms with E-state index in [9.17, 15) is 4.79 Å². The van der Waals surface area contributed by atoms with Crippen molar-refractivity contribution < 1.29 is 4.79 Å². The average molecular weight is 327 g/mol. The van der Waals surface area contributed by atoms with Crippen molar-refractivity contribution >= 4 is 40.0 Å². The predicted octanol–water partition coefficient (Wildman–Crippen LogP) is 4.25. The van der Waals surface area contributed by atoms with Gasteiger partial charge in [-0.3, -0.25) is 4.79 Å². The van der Waals surface area contributed by atoms with E-state index in [2.05, 4.69) is 29.2 Å². The monoisotopic (exact) mass is 326 g/mol. The van der Waals surface area contributed by atoms with E-state index in [0.717, 1.165) is 22.0 Å². The molecule has 1 atom stereocenters. The second-order valence-corrected chi connectivity index (χ2v) is 5.69. The first-order valence-corrected chi connectivity index (χ1v) is 6.08. The molecule has 0 aliphatic rings. The molecule has 0 aromatic heterocycles. The number of hydrogen-bond acceptors (Lipinski definition) is 1. The molecule has 1 unspecified atom stereocenters. The van der Waals surface area contributed by atoms with Crippen molar-refractivity contribution in [2.75, 3.05) is 0 Å². The third-order valence-electron chi connectivity index (χ3n) is 1.60. The van der Waals surface area contributed by atoms with Crippen LogP contribution in [0, 0.1) is 0 Å². The molecule has 0 spiro atoms. The number of alkyl halides is 1. The Kier molecular flexibility index (Phi) is 7.55. The van der Waals surface area contributed by atoms with Crippen molar-refractivity contribution in [1.82, 2.24) is 0 Å². The molecule has 0 saturated carbocycles. The fraction of sp³-hybridized carbons (Fsp3) is 0.545. The highest BCUT2D eigenvalue weighted by atomic mass is 127. The minimum atomic E-state index is 0.0360. The van der Waals surface area contributed by atoms with Crippen LogP contribution in [-0.2, 0) is 4.79 Å². The van der Waals surface area contributed by atoms with Crippen LogP contribution in [-0.4, -0.2) is 11.2 Å². The maximum Gasteiger partial charge on any atom is 0.155 e. The van der Waals surface area contributed by atoms with E-state index in [-0.39, 0.29) is 11.2 Å². The summed E-state index contributed by atoms with van der Waals surface area (Å²) >= 11 is 8.18. The zero-order valence-electron chi connectivity index (χ0n) is 8.65. The van der Waals surface area contributed by atoms with Gasteiger partial charge < -0.3 is 0 Å². The Labute approximate surface area is 105 Å². The summed E-state index contributed by atoms with van der Waals surface area (Å²) in [4.78, 5) is 11.3. The molecule has 0 aliphatic carbocycles. The molecule has 0 fully saturated rings. The van der Waals surface area contributed by atoms with Crippen LogP contribution in [0.1, 0.15) is 33.1 Å². The maximum atomic E-state index is 11.3. The zero-order valence-corrected chi connectivity index (χ0v) is 11.6. The van der Waals surface area contributed by atoms with E-state index in [0.29, 0.717) is 6.42 Å². The number of carbonyl (C=O) groups is 1. The molecule has 14 heavy (non-hydrogen) atoms. The van der Waals surface area contributed by atoms with E-state index in [1.807, 2.05) is 13.8 Å². The second kappa shape index (κ2) is 7.46. The first-order valence-electron chi connectivity index (χ1n) is 4.57. The van der Waals surface area contributed by atoms with Gasteiger partial charge in [0.05, 0.1) is 0 Å². The summed E-state index contributed by atoms with van der Waals surface area (Å²) < 4.78 is 1.04. The number of hydrogen-bond donors (Lipinski definition) is 0. The average Bonchev–Trinajstić information content (AvgIpc) is 1.98. The van der Waals surface area contributed by atoms with Gasteiger partial charge in [-0.2, -0.15) is 0 Å². The molecule has 0 aliphatic heterocycles. The standard InChI is InChI=1S/C11H16ClIO/c1-8(2)6-11(14)5-4-10(12)7-9(3)13/h6,10H,3-5,7H2,1-2H3. The lowest BCUT2D eigenvalue weighted by Crippen LogP contribution is -2.02. The summed E-state index contributed by atoms with van der Waals surface area (Å²) in [6.45, 7) is 7.61. The molecule has 0 aromatic rings. The molecule has 0 rings (SSSR count). The van der Waals surface area contributed by atoms with E-state index in [4.69, 9.17) is 11.6 Å².